The SMILES string of the molecule is Cc1cc(NC(=O)C(=O)Nc2ccc(N3CCCC3)c(C)c2)no1. The van der Waals surface area contributed by atoms with Crippen LogP contribution in [-0.2, 0) is 9.59 Å². The molecule has 1 aromatic carbocycles. The lowest BCUT2D eigenvalue weighted by atomic mass is 10.1. The molecule has 24 heavy (non-hydrogen) atoms. The van der Waals surface area contributed by atoms with E-state index in [1.165, 1.54) is 18.5 Å². The van der Waals surface area contributed by atoms with Crippen LogP contribution < -0.4 is 15.5 Å². The summed E-state index contributed by atoms with van der Waals surface area (Å²) in [5.74, 6) is -0.763. The summed E-state index contributed by atoms with van der Waals surface area (Å²) in [5.41, 5.74) is 2.84. The van der Waals surface area contributed by atoms with Gasteiger partial charge in [0.15, 0.2) is 5.82 Å². The number of carbonyl (C=O) groups excluding carboxylic acids is 2. The Hall–Kier alpha value is -2.83. The Bertz CT molecular complexity index is 763. The van der Waals surface area contributed by atoms with Crippen LogP contribution in [0.15, 0.2) is 28.8 Å². The van der Waals surface area contributed by atoms with E-state index in [1.54, 1.807) is 13.0 Å². The molecule has 1 fully saturated rings. The molecule has 0 saturated carbocycles. The highest BCUT2D eigenvalue weighted by molar-refractivity contribution is 6.43. The zero-order chi connectivity index (χ0) is 17.1. The summed E-state index contributed by atoms with van der Waals surface area (Å²) in [6.07, 6.45) is 2.42. The average molecular weight is 328 g/mol. The summed E-state index contributed by atoms with van der Waals surface area (Å²) in [6.45, 7) is 5.83. The predicted octanol–water partition coefficient (Wildman–Crippen LogP) is 2.47. The number of nitrogens with one attached hydrogen (secondary N) is 2. The smallest absolute Gasteiger partial charge is 0.315 e. The second-order valence-corrected chi connectivity index (χ2v) is 5.93. The molecule has 0 radical (unpaired) electrons. The van der Waals surface area contributed by atoms with E-state index in [0.717, 1.165) is 18.7 Å². The third-order valence-corrected chi connectivity index (χ3v) is 3.98. The van der Waals surface area contributed by atoms with Gasteiger partial charge >= 0.3 is 11.8 Å². The van der Waals surface area contributed by atoms with E-state index < -0.39 is 11.8 Å². The Kier molecular flexibility index (Phi) is 4.50. The topological polar surface area (TPSA) is 87.5 Å². The molecule has 2 aromatic rings. The Labute approximate surface area is 140 Å². The van der Waals surface area contributed by atoms with Gasteiger partial charge in [-0.2, -0.15) is 0 Å². The van der Waals surface area contributed by atoms with Gasteiger partial charge in [0.05, 0.1) is 0 Å². The summed E-state index contributed by atoms with van der Waals surface area (Å²) >= 11 is 0. The number of benzene rings is 1. The van der Waals surface area contributed by atoms with Crippen LogP contribution in [0.3, 0.4) is 0 Å². The molecule has 0 atom stereocenters. The molecular weight excluding hydrogens is 308 g/mol. The standard InChI is InChI=1S/C17H20N4O3/c1-11-9-13(5-6-14(11)21-7-3-4-8-21)18-16(22)17(23)19-15-10-12(2)24-20-15/h5-6,9-10H,3-4,7-8H2,1-2H3,(H,18,22)(H,19,20,23). The first kappa shape index (κ1) is 16.0. The molecule has 1 aliphatic rings. The van der Waals surface area contributed by atoms with Crippen LogP contribution in [0.2, 0.25) is 0 Å². The van der Waals surface area contributed by atoms with Gasteiger partial charge in [-0.1, -0.05) is 5.16 Å². The van der Waals surface area contributed by atoms with E-state index in [0.29, 0.717) is 11.4 Å². The summed E-state index contributed by atoms with van der Waals surface area (Å²) in [4.78, 5) is 26.2. The minimum Gasteiger partial charge on any atom is -0.371 e. The fourth-order valence-corrected chi connectivity index (χ4v) is 2.83. The molecule has 2 heterocycles. The van der Waals surface area contributed by atoms with Gasteiger partial charge in [0.1, 0.15) is 5.76 Å². The monoisotopic (exact) mass is 328 g/mol. The van der Waals surface area contributed by atoms with Crippen molar-refractivity contribution in [3.8, 4) is 0 Å². The lowest BCUT2D eigenvalue weighted by Gasteiger charge is -2.20. The molecule has 7 nitrogen and oxygen atoms in total. The number of anilines is 3. The van der Waals surface area contributed by atoms with Gasteiger partial charge in [-0.15, -0.1) is 0 Å². The predicted molar refractivity (Wildman–Crippen MR) is 91.1 cm³/mol. The third-order valence-electron chi connectivity index (χ3n) is 3.98. The van der Waals surface area contributed by atoms with Gasteiger partial charge in [-0.3, -0.25) is 14.9 Å². The fraction of sp³-hybridized carbons (Fsp3) is 0.353. The van der Waals surface area contributed by atoms with Crippen LogP contribution in [0.5, 0.6) is 0 Å². The molecule has 1 saturated heterocycles. The van der Waals surface area contributed by atoms with E-state index in [4.69, 9.17) is 4.52 Å². The van der Waals surface area contributed by atoms with Crippen molar-refractivity contribution in [2.24, 2.45) is 0 Å². The molecule has 0 unspecified atom stereocenters. The average Bonchev–Trinajstić information content (AvgIpc) is 3.19. The first-order valence-corrected chi connectivity index (χ1v) is 7.94. The van der Waals surface area contributed by atoms with E-state index in [1.807, 2.05) is 25.1 Å². The quantitative estimate of drug-likeness (QED) is 0.845. The van der Waals surface area contributed by atoms with Crippen LogP contribution in [0.1, 0.15) is 24.2 Å². The maximum atomic E-state index is 12.0. The van der Waals surface area contributed by atoms with Crippen molar-refractivity contribution in [1.82, 2.24) is 5.16 Å². The maximum absolute atomic E-state index is 12.0. The highest BCUT2D eigenvalue weighted by Crippen LogP contribution is 2.26. The Balaban J connectivity index is 1.63. The van der Waals surface area contributed by atoms with Crippen molar-refractivity contribution in [1.29, 1.82) is 0 Å². The molecule has 1 aromatic heterocycles. The second-order valence-electron chi connectivity index (χ2n) is 5.93. The zero-order valence-corrected chi connectivity index (χ0v) is 13.8. The number of aryl methyl sites for hydroxylation is 2. The van der Waals surface area contributed by atoms with Gasteiger partial charge in [0, 0.05) is 30.5 Å². The normalized spacial score (nSPS) is 13.8. The van der Waals surface area contributed by atoms with E-state index >= 15 is 0 Å². The molecule has 3 rings (SSSR count). The molecule has 1 aliphatic heterocycles. The molecule has 126 valence electrons. The molecule has 2 N–H and O–H groups in total. The van der Waals surface area contributed by atoms with Crippen molar-refractivity contribution in [2.45, 2.75) is 26.7 Å². The highest BCUT2D eigenvalue weighted by atomic mass is 16.5. The Morgan fingerprint density at radius 3 is 2.42 bits per heavy atom. The van der Waals surface area contributed by atoms with Crippen LogP contribution >= 0.6 is 0 Å². The first-order chi connectivity index (χ1) is 11.5. The molecule has 0 aliphatic carbocycles. The Morgan fingerprint density at radius 1 is 1.08 bits per heavy atom. The minimum absolute atomic E-state index is 0.216. The van der Waals surface area contributed by atoms with Crippen molar-refractivity contribution < 1.29 is 14.1 Å². The van der Waals surface area contributed by atoms with Crippen molar-refractivity contribution >= 4 is 29.0 Å². The number of hydrogen-bond acceptors (Lipinski definition) is 5. The van der Waals surface area contributed by atoms with E-state index in [2.05, 4.69) is 20.7 Å². The number of nitrogens with zero attached hydrogens (tertiary/aromatic N) is 2. The second kappa shape index (κ2) is 6.74. The third kappa shape index (κ3) is 3.56. The maximum Gasteiger partial charge on any atom is 0.315 e. The number of aromatic nitrogens is 1. The van der Waals surface area contributed by atoms with E-state index in [9.17, 15) is 9.59 Å². The lowest BCUT2D eigenvalue weighted by Crippen LogP contribution is -2.29. The number of amides is 2. The van der Waals surface area contributed by atoms with E-state index in [-0.39, 0.29) is 5.82 Å². The van der Waals surface area contributed by atoms with Gasteiger partial charge in [0.25, 0.3) is 0 Å². The van der Waals surface area contributed by atoms with Crippen molar-refractivity contribution in [3.05, 3.63) is 35.6 Å². The number of carbonyl (C=O) groups is 2. The lowest BCUT2D eigenvalue weighted by molar-refractivity contribution is -0.133. The first-order valence-electron chi connectivity index (χ1n) is 7.94. The van der Waals surface area contributed by atoms with Crippen molar-refractivity contribution in [3.63, 3.8) is 0 Å². The highest BCUT2D eigenvalue weighted by Gasteiger charge is 2.18. The number of hydrogen-bond donors (Lipinski definition) is 2. The Morgan fingerprint density at radius 2 is 1.79 bits per heavy atom. The molecule has 0 bridgehead atoms. The molecule has 2 amide bonds. The fourth-order valence-electron chi connectivity index (χ4n) is 2.83. The number of rotatable bonds is 3. The summed E-state index contributed by atoms with van der Waals surface area (Å²) in [6, 6.07) is 7.21. The summed E-state index contributed by atoms with van der Waals surface area (Å²) < 4.78 is 4.84. The summed E-state index contributed by atoms with van der Waals surface area (Å²) in [5, 5.41) is 8.61. The van der Waals surface area contributed by atoms with Gasteiger partial charge in [-0.05, 0) is 50.5 Å². The largest absolute Gasteiger partial charge is 0.371 e. The van der Waals surface area contributed by atoms with Gasteiger partial charge in [0.2, 0.25) is 0 Å². The van der Waals surface area contributed by atoms with Gasteiger partial charge < -0.3 is 14.7 Å². The summed E-state index contributed by atoms with van der Waals surface area (Å²) in [7, 11) is 0. The minimum atomic E-state index is -0.787. The molecule has 0 spiro atoms. The van der Waals surface area contributed by atoms with Crippen LogP contribution in [-0.4, -0.2) is 30.1 Å². The molecular formula is C17H20N4O3. The van der Waals surface area contributed by atoms with Crippen LogP contribution in [0.25, 0.3) is 0 Å². The molecule has 7 heteroatoms. The zero-order valence-electron chi connectivity index (χ0n) is 13.8. The van der Waals surface area contributed by atoms with Crippen molar-refractivity contribution in [2.75, 3.05) is 28.6 Å². The van der Waals surface area contributed by atoms with Crippen LogP contribution in [0, 0.1) is 13.8 Å². The van der Waals surface area contributed by atoms with Crippen LogP contribution in [0.4, 0.5) is 17.2 Å². The van der Waals surface area contributed by atoms with Gasteiger partial charge in [-0.25, -0.2) is 0 Å².